The Morgan fingerprint density at radius 2 is 1.53 bits per heavy atom. The van der Waals surface area contributed by atoms with Crippen molar-refractivity contribution in [1.29, 1.82) is 0 Å². The molecule has 1 aliphatic heterocycles. The van der Waals surface area contributed by atoms with Crippen molar-refractivity contribution in [2.24, 2.45) is 0 Å². The van der Waals surface area contributed by atoms with Gasteiger partial charge in [-0.15, -0.1) is 0 Å². The zero-order valence-corrected chi connectivity index (χ0v) is 30.0. The van der Waals surface area contributed by atoms with Crippen molar-refractivity contribution in [2.75, 3.05) is 13.2 Å². The minimum atomic E-state index is -5.05. The second-order valence-electron chi connectivity index (χ2n) is 13.8. The Balaban J connectivity index is 1.48. The summed E-state index contributed by atoms with van der Waals surface area (Å²) >= 11 is 0.628. The highest BCUT2D eigenvalue weighted by Gasteiger charge is 2.44. The molecule has 0 radical (unpaired) electrons. The molecule has 4 amide bonds. The lowest BCUT2D eigenvalue weighted by atomic mass is 10.0. The van der Waals surface area contributed by atoms with Crippen molar-refractivity contribution in [3.63, 3.8) is 0 Å². The highest BCUT2D eigenvalue weighted by Crippen LogP contribution is 2.38. The lowest BCUT2D eigenvalue weighted by Gasteiger charge is -2.47. The molecule has 4 rings (SSSR count). The van der Waals surface area contributed by atoms with Crippen LogP contribution in [0.3, 0.4) is 0 Å². The lowest BCUT2D eigenvalue weighted by Crippen LogP contribution is -2.68. The highest BCUT2D eigenvalue weighted by atomic mass is 32.2. The van der Waals surface area contributed by atoms with Crippen molar-refractivity contribution >= 4 is 52.1 Å². The first-order valence-electron chi connectivity index (χ1n) is 15.7. The number of carbonyl (C=O) groups excluding carboxylic acids is 2. The van der Waals surface area contributed by atoms with Crippen LogP contribution in [-0.2, 0) is 28.5 Å². The van der Waals surface area contributed by atoms with E-state index in [1.54, 1.807) is 47.6 Å². The van der Waals surface area contributed by atoms with Gasteiger partial charge in [0, 0.05) is 16.5 Å². The van der Waals surface area contributed by atoms with Gasteiger partial charge in [-0.25, -0.2) is 9.59 Å². The van der Waals surface area contributed by atoms with E-state index >= 15 is 0 Å². The van der Waals surface area contributed by atoms with Crippen LogP contribution in [0.15, 0.2) is 47.5 Å². The molecule has 0 saturated carbocycles. The zero-order chi connectivity index (χ0) is 39.8. The first kappa shape index (κ1) is 40.9. The van der Waals surface area contributed by atoms with Crippen molar-refractivity contribution < 1.29 is 60.6 Å². The Morgan fingerprint density at radius 3 is 2.06 bits per heavy atom. The van der Waals surface area contributed by atoms with Gasteiger partial charge in [0.2, 0.25) is 0 Å². The standard InChI is InChI=1S/C33H36F6N6O7S/c1-30(2,3)44(27(47)48)26(45(28(49)50)31(4,5)6)41-52-12-11-42-25(46)24(53-29(42)51)14-18-7-10-23-20(13-18)16-40-43(23)17-19-8-9-21(32(34,35)36)15-22(19)33(37,38)39/h7-10,13-16,26,41H,11-12,17H2,1-6H3,(H,47,48)(H,49,50)/b24-14-. The summed E-state index contributed by atoms with van der Waals surface area (Å²) in [5.41, 5.74) is -2.23. The maximum Gasteiger partial charge on any atom is 0.416 e. The smallest absolute Gasteiger partial charge is 0.416 e. The summed E-state index contributed by atoms with van der Waals surface area (Å²) in [5.74, 6) is -0.679. The number of hydrogen-bond acceptors (Lipinski definition) is 8. The van der Waals surface area contributed by atoms with Gasteiger partial charge < -0.3 is 10.2 Å². The number of benzene rings is 2. The average molecular weight is 775 g/mol. The average Bonchev–Trinajstić information content (AvgIpc) is 3.50. The van der Waals surface area contributed by atoms with E-state index in [4.69, 9.17) is 4.84 Å². The molecule has 20 heteroatoms. The van der Waals surface area contributed by atoms with Gasteiger partial charge in [0.05, 0.1) is 47.4 Å². The number of nitrogens with zero attached hydrogens (tertiary/aromatic N) is 5. The number of rotatable bonds is 10. The Bertz CT molecular complexity index is 1900. The molecule has 1 saturated heterocycles. The van der Waals surface area contributed by atoms with E-state index in [2.05, 4.69) is 10.6 Å². The summed E-state index contributed by atoms with van der Waals surface area (Å²) in [5, 5.41) is 23.8. The van der Waals surface area contributed by atoms with Crippen LogP contribution in [0, 0.1) is 0 Å². The number of halogens is 6. The van der Waals surface area contributed by atoms with Crippen molar-refractivity contribution in [3.05, 3.63) is 69.8 Å². The first-order chi connectivity index (χ1) is 24.3. The second-order valence-corrected chi connectivity index (χ2v) is 14.8. The van der Waals surface area contributed by atoms with E-state index in [1.807, 2.05) is 0 Å². The largest absolute Gasteiger partial charge is 0.465 e. The molecule has 0 unspecified atom stereocenters. The fourth-order valence-corrected chi connectivity index (χ4v) is 6.35. The molecular formula is C33H36F6N6O7S. The van der Waals surface area contributed by atoms with Gasteiger partial charge >= 0.3 is 24.5 Å². The van der Waals surface area contributed by atoms with E-state index < -0.39 is 76.3 Å². The predicted molar refractivity (Wildman–Crippen MR) is 180 cm³/mol. The molecular weight excluding hydrogens is 738 g/mol. The molecule has 0 spiro atoms. The van der Waals surface area contributed by atoms with Gasteiger partial charge in [-0.3, -0.25) is 33.8 Å². The third kappa shape index (κ3) is 9.41. The zero-order valence-electron chi connectivity index (χ0n) is 29.2. The number of nitrogens with one attached hydrogen (secondary N) is 1. The van der Waals surface area contributed by atoms with Crippen molar-refractivity contribution in [1.82, 2.24) is 30.0 Å². The number of alkyl halides is 6. The maximum atomic E-state index is 13.7. The molecule has 288 valence electrons. The number of aromatic nitrogens is 2. The molecule has 1 fully saturated rings. The molecule has 3 aromatic rings. The second kappa shape index (κ2) is 14.9. The van der Waals surface area contributed by atoms with Crippen LogP contribution >= 0.6 is 11.8 Å². The quantitative estimate of drug-likeness (QED) is 0.0619. The number of hydroxylamine groups is 1. The Kier molecular flexibility index (Phi) is 11.5. The number of fused-ring (bicyclic) bond motifs is 1. The molecule has 3 N–H and O–H groups in total. The summed E-state index contributed by atoms with van der Waals surface area (Å²) in [6.45, 7) is 8.24. The molecule has 2 aromatic carbocycles. The first-order valence-corrected chi connectivity index (χ1v) is 16.5. The molecule has 2 heterocycles. The van der Waals surface area contributed by atoms with Gasteiger partial charge in [-0.2, -0.15) is 36.9 Å². The predicted octanol–water partition coefficient (Wildman–Crippen LogP) is 7.52. The van der Waals surface area contributed by atoms with E-state index in [-0.39, 0.29) is 24.1 Å². The van der Waals surface area contributed by atoms with Crippen LogP contribution in [0.4, 0.5) is 40.7 Å². The summed E-state index contributed by atoms with van der Waals surface area (Å²) in [4.78, 5) is 58.4. The molecule has 0 atom stereocenters. The van der Waals surface area contributed by atoms with E-state index in [9.17, 15) is 55.7 Å². The van der Waals surface area contributed by atoms with Crippen LogP contribution in [0.5, 0.6) is 0 Å². The summed E-state index contributed by atoms with van der Waals surface area (Å²) in [7, 11) is 0. The SMILES string of the molecule is CC(C)(C)N(C(=O)O)C(NOCCN1C(=O)S/C(=C\c2ccc3c(cnn3Cc3ccc(C(F)(F)F)cc3C(F)(F)F)c2)C1=O)N(C(=O)O)C(C)(C)C. The molecule has 1 aromatic heterocycles. The van der Waals surface area contributed by atoms with Gasteiger partial charge in [0.25, 0.3) is 11.1 Å². The van der Waals surface area contributed by atoms with E-state index in [0.717, 1.165) is 20.8 Å². The minimum Gasteiger partial charge on any atom is -0.465 e. The van der Waals surface area contributed by atoms with Crippen molar-refractivity contribution in [3.8, 4) is 0 Å². The van der Waals surface area contributed by atoms with Crippen LogP contribution in [0.2, 0.25) is 0 Å². The fourth-order valence-electron chi connectivity index (χ4n) is 5.49. The topological polar surface area (TPSA) is 158 Å². The third-order valence-corrected chi connectivity index (χ3v) is 8.76. The Morgan fingerprint density at radius 1 is 0.925 bits per heavy atom. The molecule has 0 aliphatic carbocycles. The van der Waals surface area contributed by atoms with Gasteiger partial charge in [0.1, 0.15) is 0 Å². The summed E-state index contributed by atoms with van der Waals surface area (Å²) in [6, 6.07) is 5.97. The molecule has 53 heavy (non-hydrogen) atoms. The summed E-state index contributed by atoms with van der Waals surface area (Å²) in [6.07, 6.45) is -11.7. The molecule has 1 aliphatic rings. The molecule has 13 nitrogen and oxygen atoms in total. The Hall–Kier alpha value is -4.82. The maximum absolute atomic E-state index is 13.7. The van der Waals surface area contributed by atoms with Gasteiger partial charge in [0.15, 0.2) is 6.29 Å². The van der Waals surface area contributed by atoms with Crippen LogP contribution in [0.25, 0.3) is 17.0 Å². The van der Waals surface area contributed by atoms with Gasteiger partial charge in [-0.1, -0.05) is 12.1 Å². The number of carbonyl (C=O) groups is 4. The summed E-state index contributed by atoms with van der Waals surface area (Å²) < 4.78 is 81.6. The van der Waals surface area contributed by atoms with Crippen LogP contribution in [0.1, 0.15) is 63.8 Å². The lowest BCUT2D eigenvalue weighted by molar-refractivity contribution is -0.143. The number of amides is 4. The monoisotopic (exact) mass is 774 g/mol. The van der Waals surface area contributed by atoms with E-state index in [0.29, 0.717) is 34.3 Å². The normalized spacial score (nSPS) is 15.3. The number of thioether (sulfide) groups is 1. The van der Waals surface area contributed by atoms with Gasteiger partial charge in [-0.05, 0) is 94.8 Å². The van der Waals surface area contributed by atoms with Crippen LogP contribution < -0.4 is 5.48 Å². The van der Waals surface area contributed by atoms with Crippen molar-refractivity contribution in [2.45, 2.75) is 77.8 Å². The van der Waals surface area contributed by atoms with E-state index in [1.165, 1.54) is 29.1 Å². The number of imide groups is 1. The highest BCUT2D eigenvalue weighted by molar-refractivity contribution is 8.18. The third-order valence-electron chi connectivity index (χ3n) is 7.85. The number of hydrogen-bond donors (Lipinski definition) is 3. The molecule has 0 bridgehead atoms. The number of carboxylic acid groups (broad SMARTS) is 2. The fraction of sp³-hybridized carbons (Fsp3) is 0.424. The minimum absolute atomic E-state index is 0.0294. The van der Waals surface area contributed by atoms with Crippen LogP contribution in [-0.4, -0.2) is 88.5 Å². The Labute approximate surface area is 303 Å².